The number of carbonyl (C=O) groups is 2. The minimum absolute atomic E-state index is 0.0255. The largest absolute Gasteiger partial charge is 0.478 e. The van der Waals surface area contributed by atoms with E-state index in [0.29, 0.717) is 13.0 Å². The molecular weight excluding hydrogens is 268 g/mol. The number of aliphatic carboxylic acids is 1. The van der Waals surface area contributed by atoms with Gasteiger partial charge in [0.15, 0.2) is 0 Å². The maximum absolute atomic E-state index is 12.0. The van der Waals surface area contributed by atoms with E-state index in [1.165, 1.54) is 0 Å². The molecule has 0 aliphatic carbocycles. The second-order valence-electron chi connectivity index (χ2n) is 5.14. The van der Waals surface area contributed by atoms with Crippen LogP contribution in [0.1, 0.15) is 24.5 Å². The zero-order valence-electron chi connectivity index (χ0n) is 12.3. The summed E-state index contributed by atoms with van der Waals surface area (Å²) in [6.07, 6.45) is 3.43. The molecule has 0 aromatic heterocycles. The van der Waals surface area contributed by atoms with Crippen molar-refractivity contribution in [2.24, 2.45) is 0 Å². The molecule has 2 N–H and O–H groups in total. The van der Waals surface area contributed by atoms with Crippen LogP contribution in [-0.4, -0.2) is 36.1 Å². The first-order chi connectivity index (χ1) is 10.0. The van der Waals surface area contributed by atoms with E-state index >= 15 is 0 Å². The lowest BCUT2D eigenvalue weighted by Crippen LogP contribution is -2.55. The molecule has 0 bridgehead atoms. The normalized spacial score (nSPS) is 18.9. The average molecular weight is 288 g/mol. The molecule has 2 rings (SSSR count). The van der Waals surface area contributed by atoms with E-state index in [2.05, 4.69) is 10.2 Å². The molecule has 21 heavy (non-hydrogen) atoms. The Morgan fingerprint density at radius 2 is 2.29 bits per heavy atom. The number of carboxylic acids is 1. The number of nitrogens with zero attached hydrogens (tertiary/aromatic N) is 1. The Bertz CT molecular complexity index is 581. The van der Waals surface area contributed by atoms with Gasteiger partial charge in [-0.1, -0.05) is 18.6 Å². The van der Waals surface area contributed by atoms with Crippen molar-refractivity contribution in [1.29, 1.82) is 0 Å². The summed E-state index contributed by atoms with van der Waals surface area (Å²) in [4.78, 5) is 24.8. The van der Waals surface area contributed by atoms with Gasteiger partial charge in [0, 0.05) is 24.9 Å². The van der Waals surface area contributed by atoms with Crippen molar-refractivity contribution in [2.75, 3.05) is 18.0 Å². The van der Waals surface area contributed by atoms with E-state index in [0.717, 1.165) is 29.4 Å². The lowest BCUT2D eigenvalue weighted by atomic mass is 10.0. The molecule has 0 saturated carbocycles. The van der Waals surface area contributed by atoms with Crippen LogP contribution in [0.15, 0.2) is 24.3 Å². The number of carboxylic acid groups (broad SMARTS) is 1. The summed E-state index contributed by atoms with van der Waals surface area (Å²) in [6.45, 7) is 5.26. The molecule has 1 atom stereocenters. The molecule has 112 valence electrons. The van der Waals surface area contributed by atoms with Gasteiger partial charge in [-0.3, -0.25) is 4.79 Å². The molecular formula is C16H20N2O3. The summed E-state index contributed by atoms with van der Waals surface area (Å²) in [5, 5.41) is 11.7. The molecule has 1 aromatic rings. The number of rotatable bonds is 4. The van der Waals surface area contributed by atoms with Crippen LogP contribution in [0.3, 0.4) is 0 Å². The Kier molecular flexibility index (Phi) is 4.62. The summed E-state index contributed by atoms with van der Waals surface area (Å²) >= 11 is 0. The SMILES string of the molecule is CCC1C(=O)NCCN1c1ccc(C)cc1/C=C/C(=O)O. The second-order valence-corrected chi connectivity index (χ2v) is 5.14. The van der Waals surface area contributed by atoms with E-state index in [9.17, 15) is 9.59 Å². The van der Waals surface area contributed by atoms with Crippen LogP contribution in [0.5, 0.6) is 0 Å². The summed E-state index contributed by atoms with van der Waals surface area (Å²) in [6, 6.07) is 5.66. The van der Waals surface area contributed by atoms with Crippen LogP contribution in [0.2, 0.25) is 0 Å². The van der Waals surface area contributed by atoms with E-state index in [1.807, 2.05) is 32.0 Å². The Balaban J connectivity index is 2.41. The molecule has 5 nitrogen and oxygen atoms in total. The van der Waals surface area contributed by atoms with E-state index in [1.54, 1.807) is 6.08 Å². The standard InChI is InChI=1S/C16H20N2O3/c1-3-13-16(21)17-8-9-18(13)14-6-4-11(2)10-12(14)5-7-15(19)20/h4-7,10,13H,3,8-9H2,1-2H3,(H,17,21)(H,19,20)/b7-5+. The van der Waals surface area contributed by atoms with Crippen LogP contribution in [-0.2, 0) is 9.59 Å². The number of nitrogens with one attached hydrogen (secondary N) is 1. The predicted molar refractivity (Wildman–Crippen MR) is 82.3 cm³/mol. The fraction of sp³-hybridized carbons (Fsp3) is 0.375. The Labute approximate surface area is 124 Å². The number of benzene rings is 1. The van der Waals surface area contributed by atoms with Gasteiger partial charge >= 0.3 is 5.97 Å². The monoisotopic (exact) mass is 288 g/mol. The van der Waals surface area contributed by atoms with Crippen LogP contribution in [0.25, 0.3) is 6.08 Å². The van der Waals surface area contributed by atoms with Gasteiger partial charge in [0.05, 0.1) is 0 Å². The predicted octanol–water partition coefficient (Wildman–Crippen LogP) is 1.81. The molecule has 1 fully saturated rings. The summed E-state index contributed by atoms with van der Waals surface area (Å²) in [5.74, 6) is -0.955. The van der Waals surface area contributed by atoms with Gasteiger partial charge in [-0.05, 0) is 37.1 Å². The summed E-state index contributed by atoms with van der Waals surface area (Å²) in [7, 11) is 0. The molecule has 0 radical (unpaired) electrons. The third-order valence-corrected chi connectivity index (χ3v) is 3.62. The third kappa shape index (κ3) is 3.42. The first kappa shape index (κ1) is 15.1. The highest BCUT2D eigenvalue weighted by atomic mass is 16.4. The lowest BCUT2D eigenvalue weighted by Gasteiger charge is -2.37. The molecule has 1 aliphatic heterocycles. The van der Waals surface area contributed by atoms with Gasteiger partial charge in [-0.25, -0.2) is 4.79 Å². The Hall–Kier alpha value is -2.30. The highest BCUT2D eigenvalue weighted by Gasteiger charge is 2.29. The first-order valence-electron chi connectivity index (χ1n) is 7.09. The molecule has 1 aromatic carbocycles. The number of piperazine rings is 1. The highest BCUT2D eigenvalue weighted by molar-refractivity contribution is 5.90. The van der Waals surface area contributed by atoms with Gasteiger partial charge in [0.1, 0.15) is 6.04 Å². The summed E-state index contributed by atoms with van der Waals surface area (Å²) < 4.78 is 0. The number of carbonyl (C=O) groups excluding carboxylic acids is 1. The fourth-order valence-electron chi connectivity index (χ4n) is 2.64. The molecule has 1 aliphatic rings. The van der Waals surface area contributed by atoms with Crippen LogP contribution >= 0.6 is 0 Å². The van der Waals surface area contributed by atoms with Crippen molar-refractivity contribution in [1.82, 2.24) is 5.32 Å². The van der Waals surface area contributed by atoms with Crippen molar-refractivity contribution in [3.63, 3.8) is 0 Å². The number of amides is 1. The summed E-state index contributed by atoms with van der Waals surface area (Å²) in [5.41, 5.74) is 2.78. The quantitative estimate of drug-likeness (QED) is 0.829. The van der Waals surface area contributed by atoms with E-state index in [4.69, 9.17) is 5.11 Å². The first-order valence-corrected chi connectivity index (χ1v) is 7.09. The zero-order valence-corrected chi connectivity index (χ0v) is 12.3. The fourth-order valence-corrected chi connectivity index (χ4v) is 2.64. The lowest BCUT2D eigenvalue weighted by molar-refractivity contribution is -0.131. The van der Waals surface area contributed by atoms with Crippen LogP contribution < -0.4 is 10.2 Å². The maximum Gasteiger partial charge on any atom is 0.328 e. The molecule has 5 heteroatoms. The number of aryl methyl sites for hydroxylation is 1. The van der Waals surface area contributed by atoms with Crippen molar-refractivity contribution >= 4 is 23.6 Å². The second kappa shape index (κ2) is 6.43. The third-order valence-electron chi connectivity index (χ3n) is 3.62. The van der Waals surface area contributed by atoms with E-state index in [-0.39, 0.29) is 11.9 Å². The zero-order chi connectivity index (χ0) is 15.4. The minimum atomic E-state index is -0.981. The molecule has 0 spiro atoms. The van der Waals surface area contributed by atoms with Crippen molar-refractivity contribution in [2.45, 2.75) is 26.3 Å². The van der Waals surface area contributed by atoms with Gasteiger partial charge in [0.25, 0.3) is 0 Å². The Morgan fingerprint density at radius 1 is 1.52 bits per heavy atom. The van der Waals surface area contributed by atoms with Crippen molar-refractivity contribution in [3.8, 4) is 0 Å². The van der Waals surface area contributed by atoms with Gasteiger partial charge < -0.3 is 15.3 Å². The molecule has 1 unspecified atom stereocenters. The van der Waals surface area contributed by atoms with Gasteiger partial charge in [-0.2, -0.15) is 0 Å². The number of hydrogen-bond donors (Lipinski definition) is 2. The smallest absolute Gasteiger partial charge is 0.328 e. The molecule has 1 heterocycles. The van der Waals surface area contributed by atoms with Gasteiger partial charge in [0.2, 0.25) is 5.91 Å². The van der Waals surface area contributed by atoms with Crippen LogP contribution in [0, 0.1) is 6.92 Å². The number of anilines is 1. The van der Waals surface area contributed by atoms with Crippen LogP contribution in [0.4, 0.5) is 5.69 Å². The highest BCUT2D eigenvalue weighted by Crippen LogP contribution is 2.27. The Morgan fingerprint density at radius 3 is 2.95 bits per heavy atom. The average Bonchev–Trinajstić information content (AvgIpc) is 2.45. The van der Waals surface area contributed by atoms with Crippen molar-refractivity contribution < 1.29 is 14.7 Å². The molecule has 1 saturated heterocycles. The number of hydrogen-bond acceptors (Lipinski definition) is 3. The minimum Gasteiger partial charge on any atom is -0.478 e. The van der Waals surface area contributed by atoms with E-state index < -0.39 is 5.97 Å². The maximum atomic E-state index is 12.0. The topological polar surface area (TPSA) is 69.6 Å². The molecule has 1 amide bonds. The van der Waals surface area contributed by atoms with Crippen molar-refractivity contribution in [3.05, 3.63) is 35.4 Å². The van der Waals surface area contributed by atoms with Gasteiger partial charge in [-0.15, -0.1) is 0 Å².